The summed E-state index contributed by atoms with van der Waals surface area (Å²) in [6, 6.07) is 12.9. The monoisotopic (exact) mass is 604 g/mol. The van der Waals surface area contributed by atoms with Gasteiger partial charge in [0.15, 0.2) is 29.0 Å². The lowest BCUT2D eigenvalue weighted by atomic mass is 10.1. The Morgan fingerprint density at radius 2 is 1.95 bits per heavy atom. The number of hydrogen-bond donors (Lipinski definition) is 1. The summed E-state index contributed by atoms with van der Waals surface area (Å²) in [5, 5.41) is 15.6. The highest BCUT2D eigenvalue weighted by atomic mass is 16.7. The lowest BCUT2D eigenvalue weighted by Crippen LogP contribution is -2.46. The third kappa shape index (κ3) is 6.29. The standard InChI is InChI=1S/C30H32N6O8/c1-39-22-10-8-20(14-25(22)40-2)29-32-34-36(33-29)17-27(37)35(16-19-7-9-23-26(13-19)44-18-43-23)28(24-6-4-12-42-24)30(38)31-15-21-5-3-11-41-21/h4,6-10,12-14,21,28H,3,5,11,15-18H2,1-2H3,(H,31,38)/t21-,28-/m1/s1. The van der Waals surface area contributed by atoms with E-state index in [0.29, 0.717) is 47.5 Å². The Bertz CT molecular complexity index is 1600. The van der Waals surface area contributed by atoms with Crippen LogP contribution in [0.15, 0.2) is 59.2 Å². The Hall–Kier alpha value is -5.11. The smallest absolute Gasteiger partial charge is 0.250 e. The van der Waals surface area contributed by atoms with Crippen LogP contribution < -0.4 is 24.3 Å². The van der Waals surface area contributed by atoms with Gasteiger partial charge in [-0.25, -0.2) is 0 Å². The summed E-state index contributed by atoms with van der Waals surface area (Å²) in [4.78, 5) is 30.4. The lowest BCUT2D eigenvalue weighted by Gasteiger charge is -2.30. The number of nitrogens with zero attached hydrogens (tertiary/aromatic N) is 5. The average molecular weight is 605 g/mol. The molecule has 0 aliphatic carbocycles. The first kappa shape index (κ1) is 29.0. The van der Waals surface area contributed by atoms with Crippen molar-refractivity contribution >= 4 is 11.8 Å². The normalized spacial score (nSPS) is 16.0. The van der Waals surface area contributed by atoms with Crippen molar-refractivity contribution in [3.05, 3.63) is 66.1 Å². The molecule has 1 saturated heterocycles. The summed E-state index contributed by atoms with van der Waals surface area (Å²) < 4.78 is 33.0. The molecular formula is C30H32N6O8. The molecule has 0 saturated carbocycles. The number of aromatic nitrogens is 4. The Morgan fingerprint density at radius 1 is 1.09 bits per heavy atom. The number of benzene rings is 2. The fourth-order valence-electron chi connectivity index (χ4n) is 5.16. The molecule has 14 nitrogen and oxygen atoms in total. The molecule has 6 rings (SSSR count). The molecule has 2 aliphatic heterocycles. The Kier molecular flexibility index (Phi) is 8.59. The van der Waals surface area contributed by atoms with Crippen molar-refractivity contribution in [3.63, 3.8) is 0 Å². The van der Waals surface area contributed by atoms with E-state index in [1.807, 2.05) is 6.07 Å². The zero-order valence-electron chi connectivity index (χ0n) is 24.3. The predicted molar refractivity (Wildman–Crippen MR) is 153 cm³/mol. The van der Waals surface area contributed by atoms with Crippen LogP contribution in [0.5, 0.6) is 23.0 Å². The fourth-order valence-corrected chi connectivity index (χ4v) is 5.16. The molecular weight excluding hydrogens is 572 g/mol. The summed E-state index contributed by atoms with van der Waals surface area (Å²) in [6.07, 6.45) is 3.18. The molecule has 0 spiro atoms. The van der Waals surface area contributed by atoms with E-state index in [9.17, 15) is 9.59 Å². The van der Waals surface area contributed by atoms with E-state index in [0.717, 1.165) is 18.4 Å². The first-order chi connectivity index (χ1) is 21.5. The van der Waals surface area contributed by atoms with Crippen LogP contribution in [-0.2, 0) is 27.4 Å². The van der Waals surface area contributed by atoms with Crippen molar-refractivity contribution in [2.75, 3.05) is 34.2 Å². The van der Waals surface area contributed by atoms with E-state index in [1.165, 1.54) is 23.1 Å². The minimum absolute atomic E-state index is 0.0609. The van der Waals surface area contributed by atoms with Gasteiger partial charge in [-0.15, -0.1) is 10.2 Å². The molecule has 14 heteroatoms. The molecule has 1 fully saturated rings. The summed E-state index contributed by atoms with van der Waals surface area (Å²) >= 11 is 0. The number of methoxy groups -OCH3 is 2. The van der Waals surface area contributed by atoms with Crippen LogP contribution in [0.3, 0.4) is 0 Å². The number of tetrazole rings is 1. The molecule has 4 heterocycles. The Morgan fingerprint density at radius 3 is 2.73 bits per heavy atom. The van der Waals surface area contributed by atoms with Crippen molar-refractivity contribution in [2.24, 2.45) is 0 Å². The van der Waals surface area contributed by atoms with Crippen molar-refractivity contribution in [1.29, 1.82) is 0 Å². The van der Waals surface area contributed by atoms with Crippen molar-refractivity contribution in [2.45, 2.75) is 38.1 Å². The highest BCUT2D eigenvalue weighted by Gasteiger charge is 2.35. The van der Waals surface area contributed by atoms with Crippen LogP contribution in [0.1, 0.15) is 30.2 Å². The highest BCUT2D eigenvalue weighted by molar-refractivity contribution is 5.88. The van der Waals surface area contributed by atoms with Crippen molar-refractivity contribution in [1.82, 2.24) is 30.4 Å². The van der Waals surface area contributed by atoms with Gasteiger partial charge in [-0.05, 0) is 66.1 Å². The zero-order valence-corrected chi connectivity index (χ0v) is 24.3. The Balaban J connectivity index is 1.28. The van der Waals surface area contributed by atoms with E-state index in [4.69, 9.17) is 28.1 Å². The van der Waals surface area contributed by atoms with Crippen LogP contribution in [0.25, 0.3) is 11.4 Å². The van der Waals surface area contributed by atoms with Gasteiger partial charge in [-0.3, -0.25) is 9.59 Å². The van der Waals surface area contributed by atoms with Gasteiger partial charge >= 0.3 is 0 Å². The number of carbonyl (C=O) groups is 2. The van der Waals surface area contributed by atoms with Gasteiger partial charge in [0.2, 0.25) is 18.5 Å². The maximum absolute atomic E-state index is 14.0. The molecule has 2 aliphatic rings. The van der Waals surface area contributed by atoms with E-state index in [1.54, 1.807) is 49.6 Å². The number of fused-ring (bicyclic) bond motifs is 1. The maximum atomic E-state index is 14.0. The van der Waals surface area contributed by atoms with Crippen LogP contribution in [0.4, 0.5) is 0 Å². The minimum atomic E-state index is -1.09. The van der Waals surface area contributed by atoms with E-state index in [-0.39, 0.29) is 31.8 Å². The second-order valence-electron chi connectivity index (χ2n) is 10.2. The highest BCUT2D eigenvalue weighted by Crippen LogP contribution is 2.34. The van der Waals surface area contributed by atoms with E-state index in [2.05, 4.69) is 20.7 Å². The van der Waals surface area contributed by atoms with Crippen LogP contribution in [0.2, 0.25) is 0 Å². The number of amides is 2. The predicted octanol–water partition coefficient (Wildman–Crippen LogP) is 2.74. The molecule has 0 radical (unpaired) electrons. The van der Waals surface area contributed by atoms with Gasteiger partial charge in [0.05, 0.1) is 26.6 Å². The number of carbonyl (C=O) groups excluding carboxylic acids is 2. The van der Waals surface area contributed by atoms with Gasteiger partial charge < -0.3 is 38.3 Å². The van der Waals surface area contributed by atoms with Gasteiger partial charge in [0.1, 0.15) is 12.3 Å². The number of hydrogen-bond acceptors (Lipinski definition) is 11. The van der Waals surface area contributed by atoms with Gasteiger partial charge in [-0.2, -0.15) is 4.80 Å². The molecule has 2 aromatic heterocycles. The molecule has 1 N–H and O–H groups in total. The Labute approximate surface area is 252 Å². The van der Waals surface area contributed by atoms with Crippen molar-refractivity contribution < 1.29 is 37.7 Å². The SMILES string of the molecule is COc1ccc(-c2nnn(CC(=O)N(Cc3ccc4c(c3)OCO4)[C@@H](C(=O)NC[C@H]3CCCO3)c3ccco3)n2)cc1OC. The second kappa shape index (κ2) is 13.0. The topological polar surface area (TPSA) is 152 Å². The summed E-state index contributed by atoms with van der Waals surface area (Å²) in [5.74, 6) is 1.99. The minimum Gasteiger partial charge on any atom is -0.493 e. The lowest BCUT2D eigenvalue weighted by molar-refractivity contribution is -0.143. The van der Waals surface area contributed by atoms with Gasteiger partial charge in [0, 0.05) is 25.3 Å². The van der Waals surface area contributed by atoms with Crippen molar-refractivity contribution in [3.8, 4) is 34.4 Å². The van der Waals surface area contributed by atoms with Crippen LogP contribution in [-0.4, -0.2) is 77.2 Å². The van der Waals surface area contributed by atoms with Gasteiger partial charge in [0.25, 0.3) is 5.91 Å². The quantitative estimate of drug-likeness (QED) is 0.254. The summed E-state index contributed by atoms with van der Waals surface area (Å²) in [6.45, 7) is 0.865. The molecule has 230 valence electrons. The van der Waals surface area contributed by atoms with Gasteiger partial charge in [-0.1, -0.05) is 6.07 Å². The average Bonchev–Trinajstić information content (AvgIpc) is 3.87. The van der Waals surface area contributed by atoms with Crippen LogP contribution >= 0.6 is 0 Å². The summed E-state index contributed by atoms with van der Waals surface area (Å²) in [5.41, 5.74) is 1.35. The molecule has 2 aromatic carbocycles. The summed E-state index contributed by atoms with van der Waals surface area (Å²) in [7, 11) is 3.08. The molecule has 44 heavy (non-hydrogen) atoms. The number of nitrogens with one attached hydrogen (secondary N) is 1. The zero-order chi connectivity index (χ0) is 30.5. The molecule has 2 atom stereocenters. The maximum Gasteiger partial charge on any atom is 0.250 e. The molecule has 2 amide bonds. The first-order valence-electron chi connectivity index (χ1n) is 14.1. The second-order valence-corrected chi connectivity index (χ2v) is 10.2. The third-order valence-electron chi connectivity index (χ3n) is 7.38. The molecule has 4 aromatic rings. The third-order valence-corrected chi connectivity index (χ3v) is 7.38. The molecule has 0 unspecified atom stereocenters. The number of ether oxygens (including phenoxy) is 5. The van der Waals surface area contributed by atoms with Crippen LogP contribution in [0, 0.1) is 0 Å². The first-order valence-corrected chi connectivity index (χ1v) is 14.1. The fraction of sp³-hybridized carbons (Fsp3) is 0.367. The number of furan rings is 1. The number of rotatable bonds is 12. The van der Waals surface area contributed by atoms with E-state index >= 15 is 0 Å². The largest absolute Gasteiger partial charge is 0.493 e. The van der Waals surface area contributed by atoms with E-state index < -0.39 is 17.9 Å². The molecule has 0 bridgehead atoms.